The third-order valence-corrected chi connectivity index (χ3v) is 4.79. The van der Waals surface area contributed by atoms with Crippen LogP contribution in [0.3, 0.4) is 0 Å². The number of halogens is 1. The molecule has 0 fully saturated rings. The summed E-state index contributed by atoms with van der Waals surface area (Å²) in [5.74, 6) is 2.21. The van der Waals surface area contributed by atoms with E-state index in [1.54, 1.807) is 7.11 Å². The van der Waals surface area contributed by atoms with Crippen LogP contribution in [-0.2, 0) is 0 Å². The highest BCUT2D eigenvalue weighted by atomic mass is 79.9. The summed E-state index contributed by atoms with van der Waals surface area (Å²) in [5, 5.41) is 14.4. The number of fused-ring (bicyclic) bond motifs is 5. The van der Waals surface area contributed by atoms with E-state index in [0.717, 1.165) is 44.1 Å². The molecule has 5 nitrogen and oxygen atoms in total. The van der Waals surface area contributed by atoms with Crippen molar-refractivity contribution in [3.8, 4) is 23.0 Å². The molecule has 1 N–H and O–H groups in total. The van der Waals surface area contributed by atoms with E-state index >= 15 is 0 Å². The van der Waals surface area contributed by atoms with Gasteiger partial charge in [-0.05, 0) is 41.5 Å². The molecule has 0 radical (unpaired) electrons. The topological polar surface area (TPSA) is 52.0 Å². The van der Waals surface area contributed by atoms with E-state index in [0.29, 0.717) is 5.75 Å². The van der Waals surface area contributed by atoms with E-state index in [1.165, 1.54) is 0 Å². The molecule has 2 aromatic heterocycles. The zero-order valence-corrected chi connectivity index (χ0v) is 15.8. The van der Waals surface area contributed by atoms with Crippen molar-refractivity contribution in [1.82, 2.24) is 0 Å². The molecule has 0 spiro atoms. The second-order valence-corrected chi connectivity index (χ2v) is 6.25. The molecule has 0 bridgehead atoms. The summed E-state index contributed by atoms with van der Waals surface area (Å²) in [6.45, 7) is 2.18. The molecule has 0 unspecified atom stereocenters. The predicted molar refractivity (Wildman–Crippen MR) is 93.7 cm³/mol. The molecular weight excluding hydrogens is 398 g/mol. The number of hydrogen-bond acceptors (Lipinski definition) is 4. The summed E-state index contributed by atoms with van der Waals surface area (Å²) in [4.78, 5) is 0. The fourth-order valence-corrected chi connectivity index (χ4v) is 3.58. The lowest BCUT2D eigenvalue weighted by atomic mass is 10.0. The molecular formula is C20H16BrNO4. The third kappa shape index (κ3) is 2.25. The van der Waals surface area contributed by atoms with Crippen LogP contribution in [0.15, 0.2) is 42.7 Å². The molecule has 2 aromatic carbocycles. The van der Waals surface area contributed by atoms with Gasteiger partial charge in [0.25, 0.3) is 0 Å². The Hall–Kier alpha value is -2.73. The van der Waals surface area contributed by atoms with Gasteiger partial charge < -0.3 is 36.3 Å². The quantitative estimate of drug-likeness (QED) is 0.280. The first-order valence-electron chi connectivity index (χ1n) is 8.03. The number of hydrogen-bond donors (Lipinski definition) is 1. The molecule has 1 aliphatic heterocycles. The lowest BCUT2D eigenvalue weighted by Crippen LogP contribution is -3.00. The van der Waals surface area contributed by atoms with Crippen LogP contribution in [-0.4, -0.2) is 19.0 Å². The van der Waals surface area contributed by atoms with Crippen molar-refractivity contribution >= 4 is 27.1 Å². The highest BCUT2D eigenvalue weighted by molar-refractivity contribution is 6.00. The lowest BCUT2D eigenvalue weighted by Gasteiger charge is -2.10. The molecule has 26 heavy (non-hydrogen) atoms. The molecule has 5 rings (SSSR count). The van der Waals surface area contributed by atoms with E-state index in [4.69, 9.17) is 14.2 Å². The van der Waals surface area contributed by atoms with Crippen molar-refractivity contribution in [3.05, 3.63) is 48.3 Å². The van der Waals surface area contributed by atoms with Gasteiger partial charge in [0.1, 0.15) is 0 Å². The van der Waals surface area contributed by atoms with Gasteiger partial charge in [0, 0.05) is 12.1 Å². The molecule has 0 aliphatic carbocycles. The smallest absolute Gasteiger partial charge is 0.231 e. The molecule has 1 aliphatic rings. The summed E-state index contributed by atoms with van der Waals surface area (Å²) >= 11 is 0. The number of phenolic OH excluding ortho intramolecular Hbond substituents is 1. The molecule has 6 heteroatoms. The van der Waals surface area contributed by atoms with Crippen LogP contribution < -0.4 is 35.6 Å². The average molecular weight is 414 g/mol. The number of methoxy groups -OCH3 is 1. The first kappa shape index (κ1) is 16.7. The standard InChI is InChI=1S/C20H15NO4.BrH/c1-11-5-13-6-16-14-8-18-17(24-10-25-18)7-12(14)3-4-21(16)9-15(13)19(22)20(11)23-2;/h3-9H,10H2,1-2H3;1H. The molecule has 0 amide bonds. The number of aromatic nitrogens is 1. The van der Waals surface area contributed by atoms with Crippen molar-refractivity contribution in [2.24, 2.45) is 0 Å². The third-order valence-electron chi connectivity index (χ3n) is 4.79. The first-order chi connectivity index (χ1) is 12.2. The van der Waals surface area contributed by atoms with Crippen molar-refractivity contribution in [2.75, 3.05) is 13.9 Å². The SMILES string of the molecule is COc1c(C)cc2cc3c4cc5c(cc4cc[n+]3cc2c1O)OCO5.[Br-]. The fraction of sp³-hybridized carbons (Fsp3) is 0.150. The van der Waals surface area contributed by atoms with E-state index in [2.05, 4.69) is 6.07 Å². The number of ether oxygens (including phenoxy) is 3. The normalized spacial score (nSPS) is 12.5. The number of nitrogens with zero attached hydrogens (tertiary/aromatic N) is 1. The van der Waals surface area contributed by atoms with Crippen LogP contribution in [0, 0.1) is 6.92 Å². The summed E-state index contributed by atoms with van der Waals surface area (Å²) in [6.07, 6.45) is 3.90. The van der Waals surface area contributed by atoms with Gasteiger partial charge in [-0.1, -0.05) is 0 Å². The van der Waals surface area contributed by atoms with E-state index < -0.39 is 0 Å². The van der Waals surface area contributed by atoms with Crippen molar-refractivity contribution < 1.29 is 40.7 Å². The van der Waals surface area contributed by atoms with Gasteiger partial charge in [0.05, 0.1) is 17.9 Å². The first-order valence-corrected chi connectivity index (χ1v) is 8.03. The van der Waals surface area contributed by atoms with Gasteiger partial charge in [-0.15, -0.1) is 0 Å². The maximum atomic E-state index is 10.6. The largest absolute Gasteiger partial charge is 1.00 e. The van der Waals surface area contributed by atoms with Gasteiger partial charge >= 0.3 is 0 Å². The molecule has 0 saturated heterocycles. The molecule has 3 heterocycles. The van der Waals surface area contributed by atoms with Crippen LogP contribution in [0.5, 0.6) is 23.0 Å². The van der Waals surface area contributed by atoms with Crippen molar-refractivity contribution in [2.45, 2.75) is 6.92 Å². The Kier molecular flexibility index (Phi) is 3.80. The minimum absolute atomic E-state index is 0. The van der Waals surface area contributed by atoms with E-state index in [1.807, 2.05) is 48.0 Å². The Morgan fingerprint density at radius 3 is 2.58 bits per heavy atom. The summed E-state index contributed by atoms with van der Waals surface area (Å²) in [5.41, 5.74) is 1.93. The number of phenols is 1. The monoisotopic (exact) mass is 413 g/mol. The maximum absolute atomic E-state index is 10.6. The minimum Gasteiger partial charge on any atom is -1.00 e. The van der Waals surface area contributed by atoms with Gasteiger partial charge in [0.15, 0.2) is 35.4 Å². The zero-order chi connectivity index (χ0) is 17.1. The fourth-order valence-electron chi connectivity index (χ4n) is 3.58. The van der Waals surface area contributed by atoms with Gasteiger partial charge in [-0.2, -0.15) is 4.40 Å². The Bertz CT molecular complexity index is 1190. The molecule has 4 aromatic rings. The molecule has 0 atom stereocenters. The predicted octanol–water partition coefficient (Wildman–Crippen LogP) is 0.487. The highest BCUT2D eigenvalue weighted by Crippen LogP contribution is 2.39. The van der Waals surface area contributed by atoms with Gasteiger partial charge in [-0.25, -0.2) is 0 Å². The van der Waals surface area contributed by atoms with Crippen molar-refractivity contribution in [3.63, 3.8) is 0 Å². The van der Waals surface area contributed by atoms with Crippen LogP contribution in [0.4, 0.5) is 0 Å². The molecule has 0 saturated carbocycles. The van der Waals surface area contributed by atoms with Crippen molar-refractivity contribution in [1.29, 1.82) is 0 Å². The van der Waals surface area contributed by atoms with Crippen LogP contribution >= 0.6 is 0 Å². The van der Waals surface area contributed by atoms with E-state index in [9.17, 15) is 5.11 Å². The maximum Gasteiger partial charge on any atom is 0.231 e. The number of pyridine rings is 2. The van der Waals surface area contributed by atoms with Crippen LogP contribution in [0.25, 0.3) is 27.1 Å². The second-order valence-electron chi connectivity index (χ2n) is 6.25. The highest BCUT2D eigenvalue weighted by Gasteiger charge is 2.20. The number of benzene rings is 2. The Morgan fingerprint density at radius 1 is 1.04 bits per heavy atom. The van der Waals surface area contributed by atoms with Gasteiger partial charge in [0.2, 0.25) is 12.3 Å². The Balaban J connectivity index is 0.00000168. The van der Waals surface area contributed by atoms with Crippen LogP contribution in [0.2, 0.25) is 0 Å². The number of aromatic hydroxyl groups is 1. The minimum atomic E-state index is 0. The summed E-state index contributed by atoms with van der Waals surface area (Å²) in [7, 11) is 1.57. The zero-order valence-electron chi connectivity index (χ0n) is 14.2. The van der Waals surface area contributed by atoms with E-state index in [-0.39, 0.29) is 29.5 Å². The number of rotatable bonds is 1. The average Bonchev–Trinajstić information content (AvgIpc) is 3.06. The second kappa shape index (κ2) is 5.92. The summed E-state index contributed by atoms with van der Waals surface area (Å²) < 4.78 is 18.3. The molecule has 132 valence electrons. The van der Waals surface area contributed by atoms with Crippen LogP contribution in [0.1, 0.15) is 5.56 Å². The Labute approximate surface area is 160 Å². The van der Waals surface area contributed by atoms with Gasteiger partial charge in [-0.3, -0.25) is 0 Å². The lowest BCUT2D eigenvalue weighted by molar-refractivity contribution is -0.509. The number of aryl methyl sites for hydroxylation is 1. The Morgan fingerprint density at radius 2 is 1.81 bits per heavy atom. The summed E-state index contributed by atoms with van der Waals surface area (Å²) in [6, 6.07) is 10.1.